The largest absolute Gasteiger partial charge is 0.494 e. The normalized spacial score (nSPS) is 10.8. The molecule has 1 amide bonds. The first-order chi connectivity index (χ1) is 13.5. The van der Waals surface area contributed by atoms with E-state index < -0.39 is 0 Å². The van der Waals surface area contributed by atoms with Crippen LogP contribution in [0.4, 0.5) is 0 Å². The lowest BCUT2D eigenvalue weighted by Gasteiger charge is -2.09. The van der Waals surface area contributed by atoms with E-state index >= 15 is 0 Å². The Hall–Kier alpha value is -2.67. The van der Waals surface area contributed by atoms with Crippen molar-refractivity contribution in [2.24, 2.45) is 0 Å². The van der Waals surface area contributed by atoms with E-state index in [-0.39, 0.29) is 18.0 Å². The molecule has 6 nitrogen and oxygen atoms in total. The Bertz CT molecular complexity index is 1020. The summed E-state index contributed by atoms with van der Waals surface area (Å²) in [7, 11) is 0. The molecule has 3 aromatic rings. The van der Waals surface area contributed by atoms with E-state index in [2.05, 4.69) is 26.2 Å². The van der Waals surface area contributed by atoms with E-state index in [0.717, 1.165) is 23.1 Å². The standard InChI is InChI=1S/C21H22BrN3O3/c1-15-4-7-17(8-5-15)28-11-3-2-10-23-20(26)13-25-14-24-19-9-6-16(22)12-18(19)21(25)27/h4-9,12,14H,2-3,10-11,13H2,1H3,(H,23,26). The molecule has 0 aliphatic heterocycles. The van der Waals surface area contributed by atoms with E-state index in [1.807, 2.05) is 37.3 Å². The molecule has 7 heteroatoms. The first kappa shape index (κ1) is 20.1. The van der Waals surface area contributed by atoms with Gasteiger partial charge in [0.05, 0.1) is 23.8 Å². The molecule has 1 heterocycles. The van der Waals surface area contributed by atoms with Crippen LogP contribution in [0.5, 0.6) is 5.75 Å². The Labute approximate surface area is 171 Å². The second-order valence-corrected chi connectivity index (χ2v) is 7.47. The summed E-state index contributed by atoms with van der Waals surface area (Å²) in [6, 6.07) is 13.2. The molecule has 1 N–H and O–H groups in total. The van der Waals surface area contributed by atoms with Crippen LogP contribution < -0.4 is 15.6 Å². The first-order valence-corrected chi connectivity index (χ1v) is 9.93. The van der Waals surface area contributed by atoms with Gasteiger partial charge in [0.25, 0.3) is 5.56 Å². The Morgan fingerprint density at radius 1 is 1.18 bits per heavy atom. The fourth-order valence-electron chi connectivity index (χ4n) is 2.73. The molecule has 146 valence electrons. The van der Waals surface area contributed by atoms with E-state index in [9.17, 15) is 9.59 Å². The molecule has 3 rings (SSSR count). The Morgan fingerprint density at radius 3 is 2.75 bits per heavy atom. The molecule has 0 atom stereocenters. The SMILES string of the molecule is Cc1ccc(OCCCCNC(=O)Cn2cnc3ccc(Br)cc3c2=O)cc1. The third kappa shape index (κ3) is 5.42. The molecule has 0 saturated carbocycles. The number of nitrogens with zero attached hydrogens (tertiary/aromatic N) is 2. The van der Waals surface area contributed by atoms with Gasteiger partial charge in [-0.1, -0.05) is 33.6 Å². The van der Waals surface area contributed by atoms with Gasteiger partial charge in [0.15, 0.2) is 0 Å². The zero-order valence-electron chi connectivity index (χ0n) is 15.7. The van der Waals surface area contributed by atoms with Crippen molar-refractivity contribution in [1.29, 1.82) is 0 Å². The number of hydrogen-bond donors (Lipinski definition) is 1. The number of aromatic nitrogens is 2. The number of aryl methyl sites for hydroxylation is 1. The van der Waals surface area contributed by atoms with Crippen molar-refractivity contribution in [1.82, 2.24) is 14.9 Å². The third-order valence-electron chi connectivity index (χ3n) is 4.28. The van der Waals surface area contributed by atoms with E-state index in [0.29, 0.717) is 24.1 Å². The van der Waals surface area contributed by atoms with Gasteiger partial charge in [0.1, 0.15) is 12.3 Å². The van der Waals surface area contributed by atoms with Gasteiger partial charge in [-0.25, -0.2) is 4.98 Å². The summed E-state index contributed by atoms with van der Waals surface area (Å²) >= 11 is 3.35. The maximum absolute atomic E-state index is 12.5. The molecule has 0 aliphatic carbocycles. The van der Waals surface area contributed by atoms with Crippen LogP contribution in [0.1, 0.15) is 18.4 Å². The smallest absolute Gasteiger partial charge is 0.261 e. The minimum atomic E-state index is -0.229. The van der Waals surface area contributed by atoms with Gasteiger partial charge in [0, 0.05) is 11.0 Å². The molecular weight excluding hydrogens is 422 g/mol. The van der Waals surface area contributed by atoms with Crippen molar-refractivity contribution in [3.63, 3.8) is 0 Å². The number of carbonyl (C=O) groups excluding carboxylic acids is 1. The average molecular weight is 444 g/mol. The van der Waals surface area contributed by atoms with Gasteiger partial charge in [-0.3, -0.25) is 14.2 Å². The van der Waals surface area contributed by atoms with E-state index in [4.69, 9.17) is 4.74 Å². The zero-order chi connectivity index (χ0) is 19.9. The zero-order valence-corrected chi connectivity index (χ0v) is 17.2. The minimum absolute atomic E-state index is 0.0475. The molecule has 0 aliphatic rings. The summed E-state index contributed by atoms with van der Waals surface area (Å²) < 4.78 is 7.78. The van der Waals surface area contributed by atoms with Crippen molar-refractivity contribution in [2.45, 2.75) is 26.3 Å². The number of unbranched alkanes of at least 4 members (excludes halogenated alkanes) is 1. The summed E-state index contributed by atoms with van der Waals surface area (Å²) in [6.07, 6.45) is 3.04. The van der Waals surface area contributed by atoms with Crippen molar-refractivity contribution in [2.75, 3.05) is 13.2 Å². The van der Waals surface area contributed by atoms with Crippen molar-refractivity contribution in [3.8, 4) is 5.75 Å². The number of amides is 1. The number of halogens is 1. The van der Waals surface area contributed by atoms with Gasteiger partial charge >= 0.3 is 0 Å². The van der Waals surface area contributed by atoms with Gasteiger partial charge in [0.2, 0.25) is 5.91 Å². The molecule has 0 saturated heterocycles. The lowest BCUT2D eigenvalue weighted by atomic mass is 10.2. The molecule has 28 heavy (non-hydrogen) atoms. The number of benzene rings is 2. The molecule has 0 radical (unpaired) electrons. The quantitative estimate of drug-likeness (QED) is 0.541. The van der Waals surface area contributed by atoms with E-state index in [1.165, 1.54) is 16.5 Å². The number of fused-ring (bicyclic) bond motifs is 1. The Kier molecular flexibility index (Phi) is 6.81. The van der Waals surface area contributed by atoms with E-state index in [1.54, 1.807) is 12.1 Å². The molecular formula is C21H22BrN3O3. The molecule has 0 unspecified atom stereocenters. The third-order valence-corrected chi connectivity index (χ3v) is 4.78. The lowest BCUT2D eigenvalue weighted by Crippen LogP contribution is -2.33. The van der Waals surface area contributed by atoms with Crippen molar-refractivity contribution >= 4 is 32.7 Å². The maximum atomic E-state index is 12.5. The van der Waals surface area contributed by atoms with Crippen LogP contribution in [0.3, 0.4) is 0 Å². The van der Waals surface area contributed by atoms with Crippen LogP contribution in [0.2, 0.25) is 0 Å². The maximum Gasteiger partial charge on any atom is 0.261 e. The summed E-state index contributed by atoms with van der Waals surface area (Å²) in [5.41, 5.74) is 1.58. The Balaban J connectivity index is 1.42. The van der Waals surface area contributed by atoms with Crippen LogP contribution in [-0.4, -0.2) is 28.6 Å². The number of hydrogen-bond acceptors (Lipinski definition) is 4. The van der Waals surface area contributed by atoms with Crippen molar-refractivity contribution < 1.29 is 9.53 Å². The van der Waals surface area contributed by atoms with Crippen LogP contribution in [-0.2, 0) is 11.3 Å². The van der Waals surface area contributed by atoms with Gasteiger partial charge in [-0.05, 0) is 50.1 Å². The summed E-state index contributed by atoms with van der Waals surface area (Å²) in [4.78, 5) is 28.8. The monoisotopic (exact) mass is 443 g/mol. The second-order valence-electron chi connectivity index (χ2n) is 6.56. The number of rotatable bonds is 8. The summed E-state index contributed by atoms with van der Waals surface area (Å²) in [5.74, 6) is 0.641. The molecule has 0 fully saturated rings. The predicted molar refractivity (Wildman–Crippen MR) is 113 cm³/mol. The highest BCUT2D eigenvalue weighted by Crippen LogP contribution is 2.15. The number of nitrogens with one attached hydrogen (secondary N) is 1. The number of carbonyl (C=O) groups is 1. The van der Waals surface area contributed by atoms with Gasteiger partial charge < -0.3 is 10.1 Å². The highest BCUT2D eigenvalue weighted by Gasteiger charge is 2.08. The average Bonchev–Trinajstić information content (AvgIpc) is 2.68. The fourth-order valence-corrected chi connectivity index (χ4v) is 3.09. The first-order valence-electron chi connectivity index (χ1n) is 9.14. The lowest BCUT2D eigenvalue weighted by molar-refractivity contribution is -0.121. The van der Waals surface area contributed by atoms with Crippen LogP contribution in [0.15, 0.2) is 58.1 Å². The number of ether oxygens (including phenoxy) is 1. The minimum Gasteiger partial charge on any atom is -0.494 e. The fraction of sp³-hybridized carbons (Fsp3) is 0.286. The second kappa shape index (κ2) is 9.50. The van der Waals surface area contributed by atoms with Crippen LogP contribution in [0, 0.1) is 6.92 Å². The summed E-state index contributed by atoms with van der Waals surface area (Å²) in [6.45, 7) is 3.13. The van der Waals surface area contributed by atoms with Gasteiger partial charge in [-0.2, -0.15) is 0 Å². The van der Waals surface area contributed by atoms with Crippen LogP contribution in [0.25, 0.3) is 10.9 Å². The summed E-state index contributed by atoms with van der Waals surface area (Å²) in [5, 5.41) is 3.32. The molecule has 2 aromatic carbocycles. The van der Waals surface area contributed by atoms with Crippen LogP contribution >= 0.6 is 15.9 Å². The molecule has 0 spiro atoms. The predicted octanol–water partition coefficient (Wildman–Crippen LogP) is 3.44. The highest BCUT2D eigenvalue weighted by molar-refractivity contribution is 9.10. The van der Waals surface area contributed by atoms with Gasteiger partial charge in [-0.15, -0.1) is 0 Å². The highest BCUT2D eigenvalue weighted by atomic mass is 79.9. The topological polar surface area (TPSA) is 73.2 Å². The Morgan fingerprint density at radius 2 is 1.96 bits per heavy atom. The van der Waals surface area contributed by atoms with Crippen molar-refractivity contribution in [3.05, 3.63) is 69.2 Å². The molecule has 0 bridgehead atoms. The molecule has 1 aromatic heterocycles.